The first-order valence-electron chi connectivity index (χ1n) is 5.21. The maximum absolute atomic E-state index is 13.0. The smallest absolute Gasteiger partial charge is 0.244 e. The van der Waals surface area contributed by atoms with Crippen LogP contribution in [0, 0.1) is 5.82 Å². The molecule has 0 saturated carbocycles. The average Bonchev–Trinajstić information content (AvgIpc) is 2.29. The lowest BCUT2D eigenvalue weighted by atomic mass is 10.3. The van der Waals surface area contributed by atoms with Gasteiger partial charge in [0.25, 0.3) is 0 Å². The Labute approximate surface area is 116 Å². The van der Waals surface area contributed by atoms with Gasteiger partial charge in [-0.1, -0.05) is 0 Å². The molecule has 2 rings (SSSR count). The van der Waals surface area contributed by atoms with Gasteiger partial charge in [-0.2, -0.15) is 4.31 Å². The Hall–Kier alpha value is -0.310. The summed E-state index contributed by atoms with van der Waals surface area (Å²) in [6, 6.07) is 3.47. The van der Waals surface area contributed by atoms with Gasteiger partial charge in [0.15, 0.2) is 0 Å². The molecule has 0 bridgehead atoms. The first kappa shape index (κ1) is 14.1. The summed E-state index contributed by atoms with van der Waals surface area (Å²) in [7, 11) is -4.59. The van der Waals surface area contributed by atoms with Gasteiger partial charge in [-0.25, -0.2) is 12.8 Å². The molecular formula is C10H11BrFNO3S2. The summed E-state index contributed by atoms with van der Waals surface area (Å²) in [6.07, 6.45) is 0. The van der Waals surface area contributed by atoms with Crippen LogP contribution in [0.1, 0.15) is 0 Å². The second-order valence-corrected chi connectivity index (χ2v) is 8.28. The molecule has 1 fully saturated rings. The van der Waals surface area contributed by atoms with Crippen LogP contribution in [0.5, 0.6) is 0 Å². The van der Waals surface area contributed by atoms with E-state index in [9.17, 15) is 17.0 Å². The molecule has 0 amide bonds. The lowest BCUT2D eigenvalue weighted by molar-refractivity contribution is 0.438. The van der Waals surface area contributed by atoms with Gasteiger partial charge in [0.05, 0.1) is 4.90 Å². The molecule has 1 heterocycles. The van der Waals surface area contributed by atoms with E-state index in [0.717, 1.165) is 12.1 Å². The molecule has 1 aliphatic heterocycles. The van der Waals surface area contributed by atoms with Crippen molar-refractivity contribution in [3.63, 3.8) is 0 Å². The summed E-state index contributed by atoms with van der Waals surface area (Å²) >= 11 is 3.06. The van der Waals surface area contributed by atoms with Crippen molar-refractivity contribution in [3.8, 4) is 0 Å². The minimum atomic E-state index is -3.65. The van der Waals surface area contributed by atoms with Crippen molar-refractivity contribution in [1.82, 2.24) is 4.31 Å². The van der Waals surface area contributed by atoms with Gasteiger partial charge < -0.3 is 0 Å². The number of sulfonamides is 1. The predicted molar refractivity (Wildman–Crippen MR) is 70.7 cm³/mol. The van der Waals surface area contributed by atoms with E-state index in [2.05, 4.69) is 15.9 Å². The summed E-state index contributed by atoms with van der Waals surface area (Å²) in [6.45, 7) is 0.470. The maximum Gasteiger partial charge on any atom is 0.244 e. The highest BCUT2D eigenvalue weighted by molar-refractivity contribution is 9.10. The molecule has 0 spiro atoms. The minimum absolute atomic E-state index is 0.0385. The largest absolute Gasteiger partial charge is 0.259 e. The quantitative estimate of drug-likeness (QED) is 0.804. The Kier molecular flexibility index (Phi) is 4.20. The number of benzene rings is 1. The van der Waals surface area contributed by atoms with Crippen molar-refractivity contribution >= 4 is 36.8 Å². The fraction of sp³-hybridized carbons (Fsp3) is 0.400. The van der Waals surface area contributed by atoms with E-state index in [4.69, 9.17) is 0 Å². The van der Waals surface area contributed by atoms with Crippen LogP contribution in [-0.2, 0) is 20.8 Å². The summed E-state index contributed by atoms with van der Waals surface area (Å²) in [4.78, 5) is 0.0385. The molecule has 0 N–H and O–H groups in total. The summed E-state index contributed by atoms with van der Waals surface area (Å²) in [5.41, 5.74) is 0. The number of nitrogens with zero attached hydrogens (tertiary/aromatic N) is 1. The standard InChI is InChI=1S/C10H11BrFNO3S2/c11-9-7-8(12)1-2-10(9)18(15,16)13-3-5-17(14)6-4-13/h1-2,7H,3-6H2. The van der Waals surface area contributed by atoms with Crippen LogP contribution >= 0.6 is 15.9 Å². The minimum Gasteiger partial charge on any atom is -0.259 e. The Balaban J connectivity index is 2.33. The van der Waals surface area contributed by atoms with Gasteiger partial charge in [-0.15, -0.1) is 0 Å². The van der Waals surface area contributed by atoms with E-state index in [1.165, 1.54) is 10.4 Å². The third kappa shape index (κ3) is 2.81. The highest BCUT2D eigenvalue weighted by Gasteiger charge is 2.29. The molecule has 1 aromatic carbocycles. The SMILES string of the molecule is O=S1CCN(S(=O)(=O)c2ccc(F)cc2Br)CC1. The monoisotopic (exact) mass is 355 g/mol. The topological polar surface area (TPSA) is 54.5 Å². The summed E-state index contributed by atoms with van der Waals surface area (Å²) in [5.74, 6) is 0.191. The van der Waals surface area contributed by atoms with E-state index in [0.29, 0.717) is 11.5 Å². The fourth-order valence-corrected chi connectivity index (χ4v) is 5.42. The molecule has 0 radical (unpaired) electrons. The van der Waals surface area contributed by atoms with Gasteiger partial charge in [0.2, 0.25) is 10.0 Å². The van der Waals surface area contributed by atoms with Crippen molar-refractivity contribution < 1.29 is 17.0 Å². The van der Waals surface area contributed by atoms with Gasteiger partial charge in [-0.3, -0.25) is 4.21 Å². The molecule has 8 heteroatoms. The number of hydrogen-bond donors (Lipinski definition) is 0. The molecule has 4 nitrogen and oxygen atoms in total. The molecule has 1 aliphatic rings. The van der Waals surface area contributed by atoms with Gasteiger partial charge in [0, 0.05) is 39.9 Å². The van der Waals surface area contributed by atoms with Crippen LogP contribution in [0.15, 0.2) is 27.6 Å². The Morgan fingerprint density at radius 1 is 1.28 bits per heavy atom. The molecule has 0 unspecified atom stereocenters. The van der Waals surface area contributed by atoms with Crippen molar-refractivity contribution in [1.29, 1.82) is 0 Å². The van der Waals surface area contributed by atoms with E-state index >= 15 is 0 Å². The number of rotatable bonds is 2. The molecule has 100 valence electrons. The Morgan fingerprint density at radius 3 is 2.44 bits per heavy atom. The first-order chi connectivity index (χ1) is 8.41. The van der Waals surface area contributed by atoms with Crippen LogP contribution < -0.4 is 0 Å². The zero-order valence-electron chi connectivity index (χ0n) is 9.30. The third-order valence-corrected chi connectivity index (χ3v) is 6.80. The second-order valence-electron chi connectivity index (χ2n) is 3.83. The van der Waals surface area contributed by atoms with Crippen LogP contribution in [0.25, 0.3) is 0 Å². The summed E-state index contributed by atoms with van der Waals surface area (Å²) in [5, 5.41) is 0. The van der Waals surface area contributed by atoms with Crippen LogP contribution in [0.4, 0.5) is 4.39 Å². The van der Waals surface area contributed by atoms with E-state index in [1.807, 2.05) is 0 Å². The maximum atomic E-state index is 13.0. The first-order valence-corrected chi connectivity index (χ1v) is 8.93. The summed E-state index contributed by atoms with van der Waals surface area (Å²) < 4.78 is 50.3. The van der Waals surface area contributed by atoms with Crippen LogP contribution in [-0.4, -0.2) is 41.5 Å². The zero-order chi connectivity index (χ0) is 13.3. The molecule has 0 aromatic heterocycles. The Morgan fingerprint density at radius 2 is 1.89 bits per heavy atom. The van der Waals surface area contributed by atoms with Crippen molar-refractivity contribution in [3.05, 3.63) is 28.5 Å². The molecule has 1 aromatic rings. The van der Waals surface area contributed by atoms with E-state index < -0.39 is 26.6 Å². The predicted octanol–water partition coefficient (Wildman–Crippen LogP) is 1.34. The Bertz CT molecular complexity index is 581. The second kappa shape index (κ2) is 5.36. The van der Waals surface area contributed by atoms with Crippen molar-refractivity contribution in [2.75, 3.05) is 24.6 Å². The lowest BCUT2D eigenvalue weighted by Crippen LogP contribution is -2.41. The fourth-order valence-electron chi connectivity index (χ4n) is 1.68. The zero-order valence-corrected chi connectivity index (χ0v) is 12.5. The van der Waals surface area contributed by atoms with Gasteiger partial charge in [0.1, 0.15) is 5.82 Å². The molecule has 0 aliphatic carbocycles. The number of halogens is 2. The van der Waals surface area contributed by atoms with Crippen molar-refractivity contribution in [2.24, 2.45) is 0 Å². The highest BCUT2D eigenvalue weighted by atomic mass is 79.9. The molecular weight excluding hydrogens is 345 g/mol. The van der Waals surface area contributed by atoms with Crippen LogP contribution in [0.2, 0.25) is 0 Å². The van der Waals surface area contributed by atoms with Gasteiger partial charge >= 0.3 is 0 Å². The van der Waals surface area contributed by atoms with E-state index in [-0.39, 0.29) is 22.5 Å². The lowest BCUT2D eigenvalue weighted by Gasteiger charge is -2.25. The van der Waals surface area contributed by atoms with Crippen molar-refractivity contribution in [2.45, 2.75) is 4.90 Å². The molecule has 18 heavy (non-hydrogen) atoms. The normalized spacial score (nSPS) is 19.0. The average molecular weight is 356 g/mol. The molecule has 1 saturated heterocycles. The number of hydrogen-bond acceptors (Lipinski definition) is 3. The third-order valence-electron chi connectivity index (χ3n) is 2.65. The van der Waals surface area contributed by atoms with E-state index in [1.54, 1.807) is 0 Å². The highest BCUT2D eigenvalue weighted by Crippen LogP contribution is 2.26. The molecule has 0 atom stereocenters. The van der Waals surface area contributed by atoms with Gasteiger partial charge in [-0.05, 0) is 34.1 Å². The van der Waals surface area contributed by atoms with Crippen LogP contribution in [0.3, 0.4) is 0 Å².